The Hall–Kier alpha value is -1.53. The fraction of sp³-hybridized carbons (Fsp3) is 0.467. The van der Waals surface area contributed by atoms with Crippen molar-refractivity contribution >= 4 is 15.7 Å². The van der Waals surface area contributed by atoms with E-state index in [9.17, 15) is 8.42 Å². The third-order valence-electron chi connectivity index (χ3n) is 3.85. The van der Waals surface area contributed by atoms with Crippen molar-refractivity contribution in [3.8, 4) is 5.75 Å². The predicted molar refractivity (Wildman–Crippen MR) is 83.8 cm³/mol. The van der Waals surface area contributed by atoms with E-state index in [0.29, 0.717) is 18.0 Å². The molecule has 0 aromatic heterocycles. The van der Waals surface area contributed by atoms with Gasteiger partial charge in [0.05, 0.1) is 17.7 Å². The summed E-state index contributed by atoms with van der Waals surface area (Å²) in [5, 5.41) is 0. The summed E-state index contributed by atoms with van der Waals surface area (Å²) in [6, 6.07) is 4.62. The summed E-state index contributed by atoms with van der Waals surface area (Å²) in [5.41, 5.74) is 6.17. The molecule has 0 aliphatic heterocycles. The van der Waals surface area contributed by atoms with Gasteiger partial charge in [0, 0.05) is 18.7 Å². The van der Waals surface area contributed by atoms with Gasteiger partial charge in [-0.3, -0.25) is 0 Å². The van der Waals surface area contributed by atoms with Crippen LogP contribution in [0.4, 0.5) is 5.69 Å². The monoisotopic (exact) mass is 310 g/mol. The van der Waals surface area contributed by atoms with E-state index < -0.39 is 10.0 Å². The molecule has 0 radical (unpaired) electrons. The van der Waals surface area contributed by atoms with Crippen LogP contribution in [-0.2, 0) is 10.0 Å². The van der Waals surface area contributed by atoms with Crippen LogP contribution in [0, 0.1) is 0 Å². The molecule has 1 aromatic carbocycles. The molecule has 1 aliphatic rings. The zero-order valence-corrected chi connectivity index (χ0v) is 13.1. The highest BCUT2D eigenvalue weighted by atomic mass is 32.2. The molecule has 1 fully saturated rings. The lowest BCUT2D eigenvalue weighted by molar-refractivity contribution is 0.347. The second kappa shape index (κ2) is 6.49. The van der Waals surface area contributed by atoms with E-state index in [1.54, 1.807) is 12.1 Å². The fourth-order valence-corrected chi connectivity index (χ4v) is 4.42. The number of nitrogens with two attached hydrogens (primary N) is 1. The minimum atomic E-state index is -3.57. The van der Waals surface area contributed by atoms with E-state index in [1.807, 2.05) is 0 Å². The Kier molecular flexibility index (Phi) is 4.90. The summed E-state index contributed by atoms with van der Waals surface area (Å²) in [7, 11) is -2.10. The molecule has 116 valence electrons. The average Bonchev–Trinajstić information content (AvgIpc) is 2.98. The van der Waals surface area contributed by atoms with Gasteiger partial charge in [-0.1, -0.05) is 18.9 Å². The van der Waals surface area contributed by atoms with Gasteiger partial charge in [-0.05, 0) is 25.0 Å². The third-order valence-corrected chi connectivity index (χ3v) is 5.77. The Morgan fingerprint density at radius 1 is 1.43 bits per heavy atom. The van der Waals surface area contributed by atoms with Gasteiger partial charge in [-0.25, -0.2) is 8.42 Å². The molecule has 0 bridgehead atoms. The Morgan fingerprint density at radius 2 is 2.10 bits per heavy atom. The number of nitrogen functional groups attached to an aromatic ring is 1. The standard InChI is InChI=1S/C15H22N2O3S/c1-3-10-17(12-6-4-5-7-12)21(18,19)13-8-9-14(16)15(11-13)20-2/h3,8-9,11-12H,1,4-7,10,16H2,2H3. The van der Waals surface area contributed by atoms with Crippen LogP contribution in [0.5, 0.6) is 5.75 Å². The number of ether oxygens (including phenoxy) is 1. The molecule has 1 aliphatic carbocycles. The molecule has 0 spiro atoms. The summed E-state index contributed by atoms with van der Waals surface area (Å²) in [5.74, 6) is 0.376. The number of anilines is 1. The van der Waals surface area contributed by atoms with E-state index in [4.69, 9.17) is 10.5 Å². The van der Waals surface area contributed by atoms with Gasteiger partial charge in [0.25, 0.3) is 0 Å². The largest absolute Gasteiger partial charge is 0.495 e. The van der Waals surface area contributed by atoms with Gasteiger partial charge in [0.15, 0.2) is 0 Å². The highest BCUT2D eigenvalue weighted by Gasteiger charge is 2.32. The first-order valence-electron chi connectivity index (χ1n) is 7.07. The number of methoxy groups -OCH3 is 1. The number of sulfonamides is 1. The van der Waals surface area contributed by atoms with Crippen LogP contribution >= 0.6 is 0 Å². The zero-order chi connectivity index (χ0) is 15.5. The molecule has 0 amide bonds. The van der Waals surface area contributed by atoms with Crippen molar-refractivity contribution < 1.29 is 13.2 Å². The second-order valence-electron chi connectivity index (χ2n) is 5.21. The SMILES string of the molecule is C=CCN(C1CCCC1)S(=O)(=O)c1ccc(N)c(OC)c1. The smallest absolute Gasteiger partial charge is 0.243 e. The van der Waals surface area contributed by atoms with Crippen molar-refractivity contribution in [1.82, 2.24) is 4.31 Å². The number of benzene rings is 1. The minimum Gasteiger partial charge on any atom is -0.495 e. The van der Waals surface area contributed by atoms with Crippen LogP contribution in [0.3, 0.4) is 0 Å². The summed E-state index contributed by atoms with van der Waals surface area (Å²) in [6.07, 6.45) is 5.57. The maximum Gasteiger partial charge on any atom is 0.243 e. The molecular formula is C15H22N2O3S. The first-order chi connectivity index (χ1) is 10.0. The molecule has 21 heavy (non-hydrogen) atoms. The molecule has 1 aromatic rings. The molecule has 2 N–H and O–H groups in total. The highest BCUT2D eigenvalue weighted by molar-refractivity contribution is 7.89. The lowest BCUT2D eigenvalue weighted by Crippen LogP contribution is -2.38. The van der Waals surface area contributed by atoms with Crippen molar-refractivity contribution in [3.05, 3.63) is 30.9 Å². The highest BCUT2D eigenvalue weighted by Crippen LogP contribution is 2.31. The van der Waals surface area contributed by atoms with Crippen LogP contribution in [0.25, 0.3) is 0 Å². The Morgan fingerprint density at radius 3 is 2.67 bits per heavy atom. The maximum absolute atomic E-state index is 12.9. The van der Waals surface area contributed by atoms with Crippen LogP contribution in [-0.4, -0.2) is 32.4 Å². The summed E-state index contributed by atoms with van der Waals surface area (Å²) in [6.45, 7) is 4.00. The van der Waals surface area contributed by atoms with E-state index in [0.717, 1.165) is 25.7 Å². The number of hydrogen-bond acceptors (Lipinski definition) is 4. The molecule has 2 rings (SSSR count). The van der Waals surface area contributed by atoms with Gasteiger partial charge in [0.2, 0.25) is 10.0 Å². The lowest BCUT2D eigenvalue weighted by Gasteiger charge is -2.27. The quantitative estimate of drug-likeness (QED) is 0.647. The molecule has 0 heterocycles. The second-order valence-corrected chi connectivity index (χ2v) is 7.10. The van der Waals surface area contributed by atoms with Crippen LogP contribution in [0.1, 0.15) is 25.7 Å². The summed E-state index contributed by atoms with van der Waals surface area (Å²) >= 11 is 0. The Balaban J connectivity index is 2.39. The molecular weight excluding hydrogens is 288 g/mol. The zero-order valence-electron chi connectivity index (χ0n) is 12.3. The van der Waals surface area contributed by atoms with E-state index >= 15 is 0 Å². The Labute approximate surface area is 126 Å². The summed E-state index contributed by atoms with van der Waals surface area (Å²) in [4.78, 5) is 0.210. The lowest BCUT2D eigenvalue weighted by atomic mass is 10.2. The van der Waals surface area contributed by atoms with Crippen molar-refractivity contribution in [2.45, 2.75) is 36.6 Å². The van der Waals surface area contributed by atoms with Gasteiger partial charge >= 0.3 is 0 Å². The van der Waals surface area contributed by atoms with Crippen LogP contribution < -0.4 is 10.5 Å². The fourth-order valence-electron chi connectivity index (χ4n) is 2.75. The molecule has 6 heteroatoms. The number of hydrogen-bond donors (Lipinski definition) is 1. The number of nitrogens with zero attached hydrogens (tertiary/aromatic N) is 1. The van der Waals surface area contributed by atoms with Crippen molar-refractivity contribution in [1.29, 1.82) is 0 Å². The van der Waals surface area contributed by atoms with Gasteiger partial charge in [0.1, 0.15) is 5.75 Å². The predicted octanol–water partition coefficient (Wildman–Crippen LogP) is 2.40. The average molecular weight is 310 g/mol. The number of rotatable bonds is 6. The van der Waals surface area contributed by atoms with Crippen LogP contribution in [0.15, 0.2) is 35.7 Å². The van der Waals surface area contributed by atoms with Crippen LogP contribution in [0.2, 0.25) is 0 Å². The molecule has 5 nitrogen and oxygen atoms in total. The molecule has 0 saturated heterocycles. The van der Waals surface area contributed by atoms with Gasteiger partial charge < -0.3 is 10.5 Å². The topological polar surface area (TPSA) is 72.6 Å². The maximum atomic E-state index is 12.9. The van der Waals surface area contributed by atoms with Gasteiger partial charge in [-0.2, -0.15) is 4.31 Å². The summed E-state index contributed by atoms with van der Waals surface area (Å²) < 4.78 is 32.4. The van der Waals surface area contributed by atoms with Crippen molar-refractivity contribution in [2.24, 2.45) is 0 Å². The van der Waals surface area contributed by atoms with Crippen molar-refractivity contribution in [2.75, 3.05) is 19.4 Å². The molecule has 0 unspecified atom stereocenters. The normalized spacial score (nSPS) is 16.3. The molecule has 1 saturated carbocycles. The van der Waals surface area contributed by atoms with E-state index in [-0.39, 0.29) is 10.9 Å². The first kappa shape index (κ1) is 15.9. The molecule has 0 atom stereocenters. The Bertz CT molecular complexity index is 607. The minimum absolute atomic E-state index is 0.0524. The van der Waals surface area contributed by atoms with Gasteiger partial charge in [-0.15, -0.1) is 6.58 Å². The van der Waals surface area contributed by atoms with E-state index in [1.165, 1.54) is 23.5 Å². The van der Waals surface area contributed by atoms with Crippen molar-refractivity contribution in [3.63, 3.8) is 0 Å². The first-order valence-corrected chi connectivity index (χ1v) is 8.51. The third kappa shape index (κ3) is 3.22. The van der Waals surface area contributed by atoms with E-state index in [2.05, 4.69) is 6.58 Å².